The first-order valence-corrected chi connectivity index (χ1v) is 4.27. The van der Waals surface area contributed by atoms with Crippen LogP contribution in [0.1, 0.15) is 31.1 Å². The Morgan fingerprint density at radius 2 is 2.40 bits per heavy atom. The zero-order valence-electron chi connectivity index (χ0n) is 5.51. The third kappa shape index (κ3) is 0.985. The molecule has 0 bridgehead atoms. The van der Waals surface area contributed by atoms with E-state index >= 15 is 0 Å². The summed E-state index contributed by atoms with van der Waals surface area (Å²) in [6, 6.07) is 0. The van der Waals surface area contributed by atoms with Crippen LogP contribution in [-0.4, -0.2) is 4.98 Å². The summed E-state index contributed by atoms with van der Waals surface area (Å²) in [5.74, 6) is 1.50. The van der Waals surface area contributed by atoms with E-state index in [-0.39, 0.29) is 0 Å². The van der Waals surface area contributed by atoms with Gasteiger partial charge in [0.05, 0.1) is 6.20 Å². The van der Waals surface area contributed by atoms with Gasteiger partial charge < -0.3 is 4.42 Å². The topological polar surface area (TPSA) is 26.0 Å². The minimum atomic E-state index is 0.603. The van der Waals surface area contributed by atoms with Crippen LogP contribution in [0.4, 0.5) is 0 Å². The molecule has 54 valence electrons. The second kappa shape index (κ2) is 2.38. The van der Waals surface area contributed by atoms with Gasteiger partial charge in [-0.25, -0.2) is 4.98 Å². The molecule has 0 spiro atoms. The largest absolute Gasteiger partial charge is 0.434 e. The molecule has 3 heteroatoms. The maximum atomic E-state index is 5.29. The van der Waals surface area contributed by atoms with Gasteiger partial charge in [-0.15, -0.1) is 0 Å². The van der Waals surface area contributed by atoms with Crippen molar-refractivity contribution in [1.29, 1.82) is 0 Å². The fourth-order valence-electron chi connectivity index (χ4n) is 1.11. The Morgan fingerprint density at radius 3 is 2.80 bits per heavy atom. The summed E-state index contributed by atoms with van der Waals surface area (Å²) in [7, 11) is 0. The molecular weight excluding hydrogens is 194 g/mol. The van der Waals surface area contributed by atoms with Gasteiger partial charge in [0.2, 0.25) is 0 Å². The summed E-state index contributed by atoms with van der Waals surface area (Å²) in [5, 5.41) is 0. The van der Waals surface area contributed by atoms with Crippen molar-refractivity contribution in [3.05, 3.63) is 16.8 Å². The maximum Gasteiger partial charge on any atom is 0.198 e. The average Bonchev–Trinajstić information content (AvgIpc) is 2.10. The fourth-order valence-corrected chi connectivity index (χ4v) is 1.38. The maximum absolute atomic E-state index is 5.29. The van der Waals surface area contributed by atoms with Crippen LogP contribution < -0.4 is 0 Å². The monoisotopic (exact) mass is 201 g/mol. The fraction of sp³-hybridized carbons (Fsp3) is 0.571. The summed E-state index contributed by atoms with van der Waals surface area (Å²) in [5.41, 5.74) is 0. The Balaban J connectivity index is 2.17. The molecule has 0 aliphatic heterocycles. The minimum Gasteiger partial charge on any atom is -0.434 e. The van der Waals surface area contributed by atoms with E-state index in [4.69, 9.17) is 4.42 Å². The smallest absolute Gasteiger partial charge is 0.198 e. The predicted molar refractivity (Wildman–Crippen MR) is 40.8 cm³/mol. The molecule has 1 saturated carbocycles. The van der Waals surface area contributed by atoms with Crippen LogP contribution in [0.25, 0.3) is 0 Å². The van der Waals surface area contributed by atoms with Gasteiger partial charge >= 0.3 is 0 Å². The lowest BCUT2D eigenvalue weighted by molar-refractivity contribution is 0.329. The Hall–Kier alpha value is -0.310. The highest BCUT2D eigenvalue weighted by atomic mass is 79.9. The molecule has 2 rings (SSSR count). The number of hydrogen-bond donors (Lipinski definition) is 0. The summed E-state index contributed by atoms with van der Waals surface area (Å²) in [6.07, 6.45) is 5.53. The van der Waals surface area contributed by atoms with Crippen molar-refractivity contribution in [1.82, 2.24) is 4.98 Å². The van der Waals surface area contributed by atoms with Crippen molar-refractivity contribution < 1.29 is 4.42 Å². The first-order chi connectivity index (χ1) is 4.86. The molecule has 0 saturated heterocycles. The van der Waals surface area contributed by atoms with Gasteiger partial charge in [0.15, 0.2) is 10.6 Å². The predicted octanol–water partition coefficient (Wildman–Crippen LogP) is 2.70. The number of halogens is 1. The highest BCUT2D eigenvalue weighted by molar-refractivity contribution is 9.10. The van der Waals surface area contributed by atoms with Crippen LogP contribution in [0.5, 0.6) is 0 Å². The molecule has 0 atom stereocenters. The van der Waals surface area contributed by atoms with E-state index < -0.39 is 0 Å². The summed E-state index contributed by atoms with van der Waals surface area (Å²) >= 11 is 3.22. The Kier molecular flexibility index (Phi) is 1.52. The van der Waals surface area contributed by atoms with E-state index in [1.807, 2.05) is 0 Å². The Labute approximate surface area is 67.8 Å². The number of oxazole rings is 1. The molecule has 0 aromatic carbocycles. The highest BCUT2D eigenvalue weighted by Crippen LogP contribution is 2.36. The van der Waals surface area contributed by atoms with Gasteiger partial charge in [-0.2, -0.15) is 0 Å². The van der Waals surface area contributed by atoms with Gasteiger partial charge in [0.25, 0.3) is 0 Å². The lowest BCUT2D eigenvalue weighted by Crippen LogP contribution is -2.08. The molecule has 0 radical (unpaired) electrons. The zero-order chi connectivity index (χ0) is 6.97. The summed E-state index contributed by atoms with van der Waals surface area (Å²) < 4.78 is 6.04. The second-order valence-electron chi connectivity index (χ2n) is 2.63. The van der Waals surface area contributed by atoms with E-state index in [1.54, 1.807) is 6.20 Å². The van der Waals surface area contributed by atoms with Gasteiger partial charge in [-0.1, -0.05) is 6.42 Å². The van der Waals surface area contributed by atoms with Crippen LogP contribution in [-0.2, 0) is 0 Å². The van der Waals surface area contributed by atoms with Crippen molar-refractivity contribution >= 4 is 15.9 Å². The summed E-state index contributed by atoms with van der Waals surface area (Å²) in [6.45, 7) is 0. The quantitative estimate of drug-likeness (QED) is 0.699. The van der Waals surface area contributed by atoms with Crippen molar-refractivity contribution in [3.8, 4) is 0 Å². The number of rotatable bonds is 1. The average molecular weight is 202 g/mol. The van der Waals surface area contributed by atoms with Crippen LogP contribution in [0, 0.1) is 0 Å². The Bertz CT molecular complexity index is 229. The van der Waals surface area contributed by atoms with E-state index in [2.05, 4.69) is 20.9 Å². The van der Waals surface area contributed by atoms with Crippen LogP contribution >= 0.6 is 15.9 Å². The van der Waals surface area contributed by atoms with Crippen molar-refractivity contribution in [2.24, 2.45) is 0 Å². The minimum absolute atomic E-state index is 0.603. The molecule has 0 unspecified atom stereocenters. The molecule has 1 heterocycles. The molecule has 0 amide bonds. The molecule has 0 N–H and O–H groups in total. The van der Waals surface area contributed by atoms with Crippen molar-refractivity contribution in [2.45, 2.75) is 25.2 Å². The first-order valence-electron chi connectivity index (χ1n) is 3.47. The van der Waals surface area contributed by atoms with E-state index in [0.717, 1.165) is 10.6 Å². The Morgan fingerprint density at radius 1 is 1.60 bits per heavy atom. The van der Waals surface area contributed by atoms with Crippen molar-refractivity contribution in [2.75, 3.05) is 0 Å². The SMILES string of the molecule is Brc1cnc(C2CCC2)o1. The number of hydrogen-bond acceptors (Lipinski definition) is 2. The van der Waals surface area contributed by atoms with Gasteiger partial charge in [-0.3, -0.25) is 0 Å². The number of nitrogens with zero attached hydrogens (tertiary/aromatic N) is 1. The third-order valence-corrected chi connectivity index (χ3v) is 2.32. The third-order valence-electron chi connectivity index (χ3n) is 1.95. The van der Waals surface area contributed by atoms with Gasteiger partial charge in [-0.05, 0) is 28.8 Å². The molecule has 1 aliphatic carbocycles. The molecule has 1 aromatic rings. The molecule has 2 nitrogen and oxygen atoms in total. The second-order valence-corrected chi connectivity index (χ2v) is 3.41. The standard InChI is InChI=1S/C7H8BrNO/c8-6-4-9-7(10-6)5-2-1-3-5/h4-5H,1-3H2. The molecule has 10 heavy (non-hydrogen) atoms. The molecule has 1 fully saturated rings. The lowest BCUT2D eigenvalue weighted by atomic mass is 9.85. The lowest BCUT2D eigenvalue weighted by Gasteiger charge is -2.21. The molecule has 1 aromatic heterocycles. The van der Waals surface area contributed by atoms with Crippen LogP contribution in [0.2, 0.25) is 0 Å². The first kappa shape index (κ1) is 6.40. The van der Waals surface area contributed by atoms with Crippen LogP contribution in [0.3, 0.4) is 0 Å². The van der Waals surface area contributed by atoms with Gasteiger partial charge in [0.1, 0.15) is 0 Å². The highest BCUT2D eigenvalue weighted by Gasteiger charge is 2.23. The van der Waals surface area contributed by atoms with E-state index in [1.165, 1.54) is 19.3 Å². The van der Waals surface area contributed by atoms with E-state index in [0.29, 0.717) is 5.92 Å². The summed E-state index contributed by atoms with van der Waals surface area (Å²) in [4.78, 5) is 4.12. The molecular formula is C7H8BrNO. The van der Waals surface area contributed by atoms with Crippen molar-refractivity contribution in [3.63, 3.8) is 0 Å². The van der Waals surface area contributed by atoms with Gasteiger partial charge in [0, 0.05) is 5.92 Å². The van der Waals surface area contributed by atoms with Crippen LogP contribution in [0.15, 0.2) is 15.3 Å². The zero-order valence-corrected chi connectivity index (χ0v) is 7.10. The number of aromatic nitrogens is 1. The van der Waals surface area contributed by atoms with E-state index in [9.17, 15) is 0 Å². The molecule has 1 aliphatic rings. The normalized spacial score (nSPS) is 18.9.